The molecule has 3 nitrogen and oxygen atoms in total. The van der Waals surface area contributed by atoms with Crippen LogP contribution in [0.1, 0.15) is 11.1 Å². The van der Waals surface area contributed by atoms with Gasteiger partial charge in [0, 0.05) is 13.1 Å². The Bertz CT molecular complexity index is 597. The van der Waals surface area contributed by atoms with Crippen LogP contribution < -0.4 is 0 Å². The van der Waals surface area contributed by atoms with Gasteiger partial charge in [0.15, 0.2) is 6.29 Å². The largest absolute Gasteiger partial charge is 0.366 e. The summed E-state index contributed by atoms with van der Waals surface area (Å²) < 4.78 is 5.41. The summed E-state index contributed by atoms with van der Waals surface area (Å²) in [5, 5.41) is 10.2. The minimum Gasteiger partial charge on any atom is -0.366 e. The lowest BCUT2D eigenvalue weighted by atomic mass is 10.1. The summed E-state index contributed by atoms with van der Waals surface area (Å²) in [6, 6.07) is 20.3. The Labute approximate surface area is 131 Å². The van der Waals surface area contributed by atoms with E-state index in [1.165, 1.54) is 5.56 Å². The average Bonchev–Trinajstić information content (AvgIpc) is 2.56. The van der Waals surface area contributed by atoms with Crippen molar-refractivity contribution in [3.8, 4) is 0 Å². The van der Waals surface area contributed by atoms with Crippen molar-refractivity contribution < 1.29 is 9.84 Å². The standard InChI is InChI=1S/C19H21NO2/c21-19-18(12-11-16-7-3-1-4-8-16)20(13-14-22-19)15-17-9-5-2-6-10-17/h1-12,18-19,21H,13-15H2/b12-11+. The van der Waals surface area contributed by atoms with Crippen molar-refractivity contribution in [2.45, 2.75) is 18.9 Å². The molecular formula is C19H21NO2. The van der Waals surface area contributed by atoms with E-state index in [0.717, 1.165) is 18.7 Å². The normalized spacial score (nSPS) is 23.0. The molecule has 1 aliphatic heterocycles. The minimum atomic E-state index is -0.780. The molecule has 0 aliphatic carbocycles. The SMILES string of the molecule is OC1OCCN(Cc2ccccc2)C1/C=C/c1ccccc1. The van der Waals surface area contributed by atoms with Crippen LogP contribution in [0.15, 0.2) is 66.7 Å². The van der Waals surface area contributed by atoms with Crippen LogP contribution in [-0.4, -0.2) is 35.5 Å². The average molecular weight is 295 g/mol. The maximum absolute atomic E-state index is 10.2. The highest BCUT2D eigenvalue weighted by atomic mass is 16.6. The predicted octanol–water partition coefficient (Wildman–Crippen LogP) is 2.92. The fourth-order valence-corrected chi connectivity index (χ4v) is 2.71. The summed E-state index contributed by atoms with van der Waals surface area (Å²) in [6.45, 7) is 2.19. The fraction of sp³-hybridized carbons (Fsp3) is 0.263. The van der Waals surface area contributed by atoms with Gasteiger partial charge in [0.25, 0.3) is 0 Å². The zero-order valence-electron chi connectivity index (χ0n) is 12.5. The van der Waals surface area contributed by atoms with Crippen LogP contribution in [0.2, 0.25) is 0 Å². The Morgan fingerprint density at radius 3 is 2.45 bits per heavy atom. The Morgan fingerprint density at radius 1 is 1.05 bits per heavy atom. The summed E-state index contributed by atoms with van der Waals surface area (Å²) in [5.74, 6) is 0. The molecule has 1 saturated heterocycles. The molecule has 1 heterocycles. The highest BCUT2D eigenvalue weighted by Gasteiger charge is 2.28. The van der Waals surface area contributed by atoms with Gasteiger partial charge in [-0.05, 0) is 11.1 Å². The van der Waals surface area contributed by atoms with E-state index in [4.69, 9.17) is 4.74 Å². The summed E-state index contributed by atoms with van der Waals surface area (Å²) in [4.78, 5) is 2.25. The molecule has 114 valence electrons. The van der Waals surface area contributed by atoms with E-state index < -0.39 is 6.29 Å². The highest BCUT2D eigenvalue weighted by molar-refractivity contribution is 5.49. The molecule has 2 atom stereocenters. The lowest BCUT2D eigenvalue weighted by Crippen LogP contribution is -2.49. The van der Waals surface area contributed by atoms with Gasteiger partial charge in [-0.2, -0.15) is 0 Å². The Kier molecular flexibility index (Phi) is 5.01. The van der Waals surface area contributed by atoms with Crippen LogP contribution in [0.5, 0.6) is 0 Å². The second kappa shape index (κ2) is 7.36. The molecule has 1 aliphatic rings. The molecule has 0 spiro atoms. The Morgan fingerprint density at radius 2 is 1.73 bits per heavy atom. The van der Waals surface area contributed by atoms with Gasteiger partial charge in [0.2, 0.25) is 0 Å². The summed E-state index contributed by atoms with van der Waals surface area (Å²) >= 11 is 0. The van der Waals surface area contributed by atoms with Crippen LogP contribution in [0.25, 0.3) is 6.08 Å². The van der Waals surface area contributed by atoms with Crippen molar-refractivity contribution in [1.29, 1.82) is 0 Å². The van der Waals surface area contributed by atoms with Gasteiger partial charge >= 0.3 is 0 Å². The number of aliphatic hydroxyl groups is 1. The number of morpholine rings is 1. The van der Waals surface area contributed by atoms with Crippen molar-refractivity contribution in [3.63, 3.8) is 0 Å². The van der Waals surface area contributed by atoms with E-state index >= 15 is 0 Å². The molecule has 0 aromatic heterocycles. The molecule has 22 heavy (non-hydrogen) atoms. The molecule has 0 bridgehead atoms. The van der Waals surface area contributed by atoms with Gasteiger partial charge in [-0.15, -0.1) is 0 Å². The van der Waals surface area contributed by atoms with E-state index in [2.05, 4.69) is 17.0 Å². The van der Waals surface area contributed by atoms with Gasteiger partial charge in [0.05, 0.1) is 12.6 Å². The van der Waals surface area contributed by atoms with E-state index in [1.807, 2.05) is 60.7 Å². The zero-order valence-corrected chi connectivity index (χ0v) is 12.5. The molecular weight excluding hydrogens is 274 g/mol. The Balaban J connectivity index is 1.74. The van der Waals surface area contributed by atoms with Gasteiger partial charge in [0.1, 0.15) is 0 Å². The Hall–Kier alpha value is -1.94. The lowest BCUT2D eigenvalue weighted by molar-refractivity contribution is -0.169. The van der Waals surface area contributed by atoms with Crippen molar-refractivity contribution in [3.05, 3.63) is 77.9 Å². The van der Waals surface area contributed by atoms with E-state index in [-0.39, 0.29) is 6.04 Å². The van der Waals surface area contributed by atoms with Gasteiger partial charge in [-0.25, -0.2) is 0 Å². The number of aliphatic hydroxyl groups excluding tert-OH is 1. The third kappa shape index (κ3) is 3.83. The zero-order chi connectivity index (χ0) is 15.2. The summed E-state index contributed by atoms with van der Waals surface area (Å²) in [7, 11) is 0. The molecule has 1 N–H and O–H groups in total. The minimum absolute atomic E-state index is 0.130. The molecule has 0 radical (unpaired) electrons. The van der Waals surface area contributed by atoms with Gasteiger partial charge in [-0.1, -0.05) is 72.8 Å². The van der Waals surface area contributed by atoms with Crippen LogP contribution in [0, 0.1) is 0 Å². The molecule has 2 aromatic carbocycles. The molecule has 0 amide bonds. The maximum Gasteiger partial charge on any atom is 0.173 e. The maximum atomic E-state index is 10.2. The van der Waals surface area contributed by atoms with Crippen molar-refractivity contribution >= 4 is 6.08 Å². The molecule has 2 unspecified atom stereocenters. The van der Waals surface area contributed by atoms with E-state index in [1.54, 1.807) is 0 Å². The van der Waals surface area contributed by atoms with Crippen LogP contribution >= 0.6 is 0 Å². The van der Waals surface area contributed by atoms with Gasteiger partial charge < -0.3 is 9.84 Å². The first-order chi connectivity index (χ1) is 10.8. The smallest absolute Gasteiger partial charge is 0.173 e. The molecule has 3 rings (SSSR count). The van der Waals surface area contributed by atoms with Gasteiger partial charge in [-0.3, -0.25) is 4.90 Å². The lowest BCUT2D eigenvalue weighted by Gasteiger charge is -2.37. The van der Waals surface area contributed by atoms with Crippen molar-refractivity contribution in [1.82, 2.24) is 4.90 Å². The van der Waals surface area contributed by atoms with Crippen LogP contribution in [-0.2, 0) is 11.3 Å². The number of ether oxygens (including phenoxy) is 1. The number of benzene rings is 2. The van der Waals surface area contributed by atoms with Crippen molar-refractivity contribution in [2.75, 3.05) is 13.2 Å². The quantitative estimate of drug-likeness (QED) is 0.941. The first-order valence-electron chi connectivity index (χ1n) is 7.64. The fourth-order valence-electron chi connectivity index (χ4n) is 2.71. The number of rotatable bonds is 4. The predicted molar refractivity (Wildman–Crippen MR) is 88.1 cm³/mol. The number of hydrogen-bond donors (Lipinski definition) is 1. The third-order valence-electron chi connectivity index (χ3n) is 3.89. The van der Waals surface area contributed by atoms with Crippen LogP contribution in [0.4, 0.5) is 0 Å². The number of nitrogens with zero attached hydrogens (tertiary/aromatic N) is 1. The highest BCUT2D eigenvalue weighted by Crippen LogP contribution is 2.18. The van der Waals surface area contributed by atoms with Crippen molar-refractivity contribution in [2.24, 2.45) is 0 Å². The molecule has 2 aromatic rings. The molecule has 1 fully saturated rings. The topological polar surface area (TPSA) is 32.7 Å². The third-order valence-corrected chi connectivity index (χ3v) is 3.89. The first kappa shape index (κ1) is 15.0. The molecule has 0 saturated carbocycles. The second-order valence-corrected chi connectivity index (χ2v) is 5.48. The number of hydrogen-bond acceptors (Lipinski definition) is 3. The molecule has 3 heteroatoms. The van der Waals surface area contributed by atoms with E-state index in [0.29, 0.717) is 6.61 Å². The second-order valence-electron chi connectivity index (χ2n) is 5.48. The monoisotopic (exact) mass is 295 g/mol. The summed E-state index contributed by atoms with van der Waals surface area (Å²) in [6.07, 6.45) is 3.29. The van der Waals surface area contributed by atoms with E-state index in [9.17, 15) is 5.11 Å². The van der Waals surface area contributed by atoms with Crippen LogP contribution in [0.3, 0.4) is 0 Å². The first-order valence-corrected chi connectivity index (χ1v) is 7.64. The summed E-state index contributed by atoms with van der Waals surface area (Å²) in [5.41, 5.74) is 2.37.